The van der Waals surface area contributed by atoms with Crippen LogP contribution < -0.4 is 29.6 Å². The van der Waals surface area contributed by atoms with E-state index in [0.29, 0.717) is 0 Å². The first-order valence-electron chi connectivity index (χ1n) is 2.77. The second kappa shape index (κ2) is 5.51. The minimum absolute atomic E-state index is 0. The molecule has 12 heavy (non-hydrogen) atoms. The Morgan fingerprint density at radius 1 is 1.33 bits per heavy atom. The quantitative estimate of drug-likeness (QED) is 0.313. The van der Waals surface area contributed by atoms with Crippen LogP contribution in [0.1, 0.15) is 6.42 Å². The van der Waals surface area contributed by atoms with E-state index in [1.165, 1.54) is 0 Å². The Morgan fingerprint density at radius 2 is 1.75 bits per heavy atom. The predicted octanol–water partition coefficient (Wildman–Crippen LogP) is -5.40. The minimum atomic E-state index is -4.98. The van der Waals surface area contributed by atoms with Crippen molar-refractivity contribution in [2.45, 2.75) is 11.4 Å². The summed E-state index contributed by atoms with van der Waals surface area (Å²) in [4.78, 5) is -2.75. The molecule has 6 nitrogen and oxygen atoms in total. The maximum Gasteiger partial charge on any atom is 1.00 e. The Morgan fingerprint density at radius 3 is 1.83 bits per heavy atom. The van der Waals surface area contributed by atoms with Crippen LogP contribution in [-0.2, 0) is 10.1 Å². The third-order valence-corrected chi connectivity index (χ3v) is 2.48. The Hall–Kier alpha value is 0.790. The van der Waals surface area contributed by atoms with Gasteiger partial charge in [0.1, 0.15) is 10.1 Å². The van der Waals surface area contributed by atoms with E-state index in [-0.39, 0.29) is 29.6 Å². The molecule has 8 heteroatoms. The first kappa shape index (κ1) is 15.3. The first-order chi connectivity index (χ1) is 4.87. The van der Waals surface area contributed by atoms with Gasteiger partial charge in [-0.1, -0.05) is 0 Å². The number of hydrogen-bond donors (Lipinski definition) is 3. The molecule has 0 rings (SSSR count). The Bertz CT molecular complexity index is 214. The molecule has 0 heterocycles. The predicted molar refractivity (Wildman–Crippen MR) is 33.4 cm³/mol. The molecular formula is C4H9NaO6S. The molecule has 0 bridgehead atoms. The molecule has 1 atom stereocenters. The van der Waals surface area contributed by atoms with Gasteiger partial charge in [0.05, 0.1) is 6.61 Å². The van der Waals surface area contributed by atoms with Gasteiger partial charge in [0.15, 0.2) is 4.93 Å². The van der Waals surface area contributed by atoms with Crippen molar-refractivity contribution in [1.82, 2.24) is 0 Å². The van der Waals surface area contributed by atoms with Gasteiger partial charge in [0, 0.05) is 13.0 Å². The molecule has 0 saturated heterocycles. The molecule has 3 N–H and O–H groups in total. The van der Waals surface area contributed by atoms with Crippen molar-refractivity contribution in [2.75, 3.05) is 13.2 Å². The average molecular weight is 208 g/mol. The van der Waals surface area contributed by atoms with Crippen LogP contribution >= 0.6 is 0 Å². The summed E-state index contributed by atoms with van der Waals surface area (Å²) in [5, 5.41) is 25.4. The van der Waals surface area contributed by atoms with E-state index < -0.39 is 34.7 Å². The van der Waals surface area contributed by atoms with E-state index in [4.69, 9.17) is 15.3 Å². The van der Waals surface area contributed by atoms with Crippen molar-refractivity contribution in [3.8, 4) is 0 Å². The van der Waals surface area contributed by atoms with Crippen LogP contribution in [0.4, 0.5) is 0 Å². The molecule has 0 aromatic heterocycles. The zero-order valence-electron chi connectivity index (χ0n) is 6.60. The summed E-state index contributed by atoms with van der Waals surface area (Å²) in [6.45, 7) is -1.89. The van der Waals surface area contributed by atoms with Crippen LogP contribution in [0.2, 0.25) is 0 Å². The van der Waals surface area contributed by atoms with Crippen molar-refractivity contribution in [3.63, 3.8) is 0 Å². The summed E-state index contributed by atoms with van der Waals surface area (Å²) in [7, 11) is -4.98. The smallest absolute Gasteiger partial charge is 0.746 e. The summed E-state index contributed by atoms with van der Waals surface area (Å²) in [5.74, 6) is 0. The van der Waals surface area contributed by atoms with Crippen molar-refractivity contribution < 1.29 is 57.8 Å². The maximum absolute atomic E-state index is 10.2. The molecule has 0 fully saturated rings. The zero-order valence-corrected chi connectivity index (χ0v) is 9.41. The largest absolute Gasteiger partial charge is 1.00 e. The van der Waals surface area contributed by atoms with Gasteiger partial charge in [-0.2, -0.15) is 0 Å². The summed E-state index contributed by atoms with van der Waals surface area (Å²) < 4.78 is 30.6. The van der Waals surface area contributed by atoms with Crippen LogP contribution in [-0.4, -0.2) is 46.4 Å². The molecule has 0 amide bonds. The van der Waals surface area contributed by atoms with E-state index >= 15 is 0 Å². The molecule has 0 spiro atoms. The van der Waals surface area contributed by atoms with Crippen LogP contribution in [0.3, 0.4) is 0 Å². The third-order valence-electron chi connectivity index (χ3n) is 1.21. The van der Waals surface area contributed by atoms with Crippen molar-refractivity contribution in [2.24, 2.45) is 0 Å². The third kappa shape index (κ3) is 3.67. The number of aliphatic hydroxyl groups is 3. The normalized spacial score (nSPS) is 16.3. The van der Waals surface area contributed by atoms with Crippen LogP contribution in [0.5, 0.6) is 0 Å². The number of rotatable bonds is 4. The molecule has 68 valence electrons. The first-order valence-corrected chi connectivity index (χ1v) is 4.18. The fraction of sp³-hybridized carbons (Fsp3) is 1.00. The van der Waals surface area contributed by atoms with Gasteiger partial charge >= 0.3 is 29.6 Å². The zero-order chi connectivity index (χ0) is 9.12. The standard InChI is InChI=1S/C4H10O6S.Na/c5-2-1-4(7,3-6)11(8,9)10;/h5-7H,1-3H2,(H,8,9,10);/q;+1/p-1. The second-order valence-electron chi connectivity index (χ2n) is 2.03. The molecule has 0 radical (unpaired) electrons. The number of hydrogen-bond acceptors (Lipinski definition) is 6. The van der Waals surface area contributed by atoms with Gasteiger partial charge in [-0.15, -0.1) is 0 Å². The number of aliphatic hydroxyl groups excluding tert-OH is 2. The van der Waals surface area contributed by atoms with Gasteiger partial charge < -0.3 is 19.9 Å². The van der Waals surface area contributed by atoms with Crippen LogP contribution in [0.15, 0.2) is 0 Å². The van der Waals surface area contributed by atoms with E-state index in [2.05, 4.69) is 0 Å². The second-order valence-corrected chi connectivity index (χ2v) is 3.70. The molecular weight excluding hydrogens is 199 g/mol. The van der Waals surface area contributed by atoms with Gasteiger partial charge in [0.25, 0.3) is 0 Å². The molecule has 0 aromatic carbocycles. The van der Waals surface area contributed by atoms with Crippen LogP contribution in [0, 0.1) is 0 Å². The Kier molecular flexibility index (Phi) is 7.01. The van der Waals surface area contributed by atoms with E-state index in [0.717, 1.165) is 0 Å². The summed E-state index contributed by atoms with van der Waals surface area (Å²) >= 11 is 0. The van der Waals surface area contributed by atoms with Crippen molar-refractivity contribution >= 4 is 10.1 Å². The Balaban J connectivity index is 0. The van der Waals surface area contributed by atoms with Crippen molar-refractivity contribution in [3.05, 3.63) is 0 Å². The monoisotopic (exact) mass is 208 g/mol. The van der Waals surface area contributed by atoms with E-state index in [1.807, 2.05) is 0 Å². The minimum Gasteiger partial charge on any atom is -0.746 e. The molecule has 0 aliphatic carbocycles. The average Bonchev–Trinajstić information content (AvgIpc) is 1.86. The summed E-state index contributed by atoms with van der Waals surface area (Å²) in [6.07, 6.45) is -0.685. The fourth-order valence-electron chi connectivity index (χ4n) is 0.458. The fourth-order valence-corrected chi connectivity index (χ4v) is 0.957. The summed E-state index contributed by atoms with van der Waals surface area (Å²) in [6, 6.07) is 0. The summed E-state index contributed by atoms with van der Waals surface area (Å²) in [5.41, 5.74) is 0. The topological polar surface area (TPSA) is 118 Å². The molecule has 0 aliphatic heterocycles. The molecule has 1 unspecified atom stereocenters. The van der Waals surface area contributed by atoms with E-state index in [9.17, 15) is 13.0 Å². The van der Waals surface area contributed by atoms with Gasteiger partial charge in [-0.3, -0.25) is 0 Å². The molecule has 0 saturated carbocycles. The van der Waals surface area contributed by atoms with E-state index in [1.54, 1.807) is 0 Å². The van der Waals surface area contributed by atoms with Gasteiger partial charge in [0.2, 0.25) is 0 Å². The molecule has 0 aliphatic rings. The Labute approximate surface area is 92.3 Å². The van der Waals surface area contributed by atoms with Gasteiger partial charge in [-0.25, -0.2) is 8.42 Å². The molecule has 0 aromatic rings. The van der Waals surface area contributed by atoms with Crippen LogP contribution in [0.25, 0.3) is 0 Å². The maximum atomic E-state index is 10.2. The van der Waals surface area contributed by atoms with Gasteiger partial charge in [-0.05, 0) is 0 Å². The SMILES string of the molecule is O=S(=O)([O-])C(O)(CO)CCO.[Na+]. The van der Waals surface area contributed by atoms with Crippen molar-refractivity contribution in [1.29, 1.82) is 0 Å².